The fourth-order valence-corrected chi connectivity index (χ4v) is 2.31. The summed E-state index contributed by atoms with van der Waals surface area (Å²) < 4.78 is 6.59. The lowest BCUT2D eigenvalue weighted by Gasteiger charge is -2.20. The van der Waals surface area contributed by atoms with Crippen molar-refractivity contribution in [2.45, 2.75) is 19.1 Å². The minimum atomic E-state index is -0.787. The first-order chi connectivity index (χ1) is 9.47. The van der Waals surface area contributed by atoms with Gasteiger partial charge >= 0.3 is 0 Å². The second-order valence-corrected chi connectivity index (χ2v) is 6.06. The van der Waals surface area contributed by atoms with Crippen LogP contribution in [-0.4, -0.2) is 17.1 Å². The van der Waals surface area contributed by atoms with Crippen LogP contribution in [0, 0.1) is 0 Å². The van der Waals surface area contributed by atoms with Gasteiger partial charge in [0.1, 0.15) is 0 Å². The molecule has 4 nitrogen and oxygen atoms in total. The van der Waals surface area contributed by atoms with Crippen molar-refractivity contribution in [1.82, 2.24) is 5.32 Å². The number of carbonyl (C=O) groups is 1. The van der Waals surface area contributed by atoms with E-state index in [1.807, 2.05) is 12.1 Å². The Bertz CT molecular complexity index is 595. The normalized spacial score (nSPS) is 13.8. The van der Waals surface area contributed by atoms with Crippen LogP contribution in [-0.2, 0) is 0 Å². The molecule has 0 aliphatic rings. The largest absolute Gasteiger partial charge is 0.444 e. The molecule has 2 unspecified atom stereocenters. The lowest BCUT2D eigenvalue weighted by molar-refractivity contribution is 0.0825. The first kappa shape index (κ1) is 15.3. The van der Waals surface area contributed by atoms with Gasteiger partial charge in [0.15, 0.2) is 10.4 Å². The number of furan rings is 1. The molecule has 2 rings (SSSR count). The summed E-state index contributed by atoms with van der Waals surface area (Å²) in [6.45, 7) is 1.74. The van der Waals surface area contributed by atoms with E-state index in [0.717, 1.165) is 10.0 Å². The van der Waals surface area contributed by atoms with E-state index in [1.54, 1.807) is 31.2 Å². The van der Waals surface area contributed by atoms with Crippen molar-refractivity contribution in [3.05, 3.63) is 56.9 Å². The Morgan fingerprint density at radius 2 is 1.85 bits per heavy atom. The van der Waals surface area contributed by atoms with Gasteiger partial charge in [-0.1, -0.05) is 28.1 Å². The Morgan fingerprint density at radius 3 is 2.40 bits per heavy atom. The van der Waals surface area contributed by atoms with Crippen LogP contribution in [0.5, 0.6) is 0 Å². The first-order valence-electron chi connectivity index (χ1n) is 5.97. The summed E-state index contributed by atoms with van der Waals surface area (Å²) in [5, 5.41) is 12.9. The molecular weight excluding hydrogens is 390 g/mol. The molecule has 20 heavy (non-hydrogen) atoms. The second-order valence-electron chi connectivity index (χ2n) is 4.36. The molecule has 2 N–H and O–H groups in total. The van der Waals surface area contributed by atoms with Crippen LogP contribution in [0.4, 0.5) is 0 Å². The van der Waals surface area contributed by atoms with Gasteiger partial charge in [-0.15, -0.1) is 0 Å². The maximum absolute atomic E-state index is 11.9. The maximum atomic E-state index is 11.9. The molecule has 1 aromatic heterocycles. The van der Waals surface area contributed by atoms with Crippen molar-refractivity contribution in [2.75, 3.05) is 0 Å². The van der Waals surface area contributed by atoms with E-state index in [4.69, 9.17) is 4.42 Å². The van der Waals surface area contributed by atoms with Crippen molar-refractivity contribution < 1.29 is 14.3 Å². The number of aliphatic hydroxyl groups excluding tert-OH is 1. The topological polar surface area (TPSA) is 62.5 Å². The number of rotatable bonds is 4. The van der Waals surface area contributed by atoms with E-state index in [-0.39, 0.29) is 11.7 Å². The highest BCUT2D eigenvalue weighted by Crippen LogP contribution is 2.20. The van der Waals surface area contributed by atoms with Gasteiger partial charge in [-0.05, 0) is 52.7 Å². The minimum absolute atomic E-state index is 0.201. The van der Waals surface area contributed by atoms with Crippen LogP contribution in [0.15, 0.2) is 50.0 Å². The van der Waals surface area contributed by atoms with Gasteiger partial charge in [-0.25, -0.2) is 0 Å². The zero-order valence-corrected chi connectivity index (χ0v) is 13.8. The van der Waals surface area contributed by atoms with Crippen LogP contribution >= 0.6 is 31.9 Å². The number of benzene rings is 1. The van der Waals surface area contributed by atoms with Gasteiger partial charge < -0.3 is 14.8 Å². The fourth-order valence-electron chi connectivity index (χ4n) is 1.74. The molecule has 0 bridgehead atoms. The number of carbonyl (C=O) groups excluding carboxylic acids is 1. The fraction of sp³-hybridized carbons (Fsp3) is 0.214. The van der Waals surface area contributed by atoms with Gasteiger partial charge in [-0.3, -0.25) is 4.79 Å². The Morgan fingerprint density at radius 1 is 1.20 bits per heavy atom. The highest BCUT2D eigenvalue weighted by Gasteiger charge is 2.20. The van der Waals surface area contributed by atoms with Gasteiger partial charge in [0.25, 0.3) is 5.91 Å². The molecule has 1 heterocycles. The monoisotopic (exact) mass is 401 g/mol. The van der Waals surface area contributed by atoms with Crippen LogP contribution in [0.3, 0.4) is 0 Å². The molecule has 1 amide bonds. The van der Waals surface area contributed by atoms with Gasteiger partial charge in [0.05, 0.1) is 12.1 Å². The van der Waals surface area contributed by atoms with Crippen LogP contribution in [0.1, 0.15) is 29.1 Å². The van der Waals surface area contributed by atoms with E-state index in [2.05, 4.69) is 37.2 Å². The molecule has 0 fully saturated rings. The minimum Gasteiger partial charge on any atom is -0.444 e. The van der Waals surface area contributed by atoms with Crippen molar-refractivity contribution in [1.29, 1.82) is 0 Å². The number of hydrogen-bond donors (Lipinski definition) is 2. The second kappa shape index (κ2) is 6.56. The molecule has 0 radical (unpaired) electrons. The number of amides is 1. The molecule has 0 aliphatic heterocycles. The molecule has 0 saturated heterocycles. The third-order valence-electron chi connectivity index (χ3n) is 2.84. The molecule has 0 saturated carbocycles. The summed E-state index contributed by atoms with van der Waals surface area (Å²) in [6, 6.07) is 10.1. The Kier molecular flexibility index (Phi) is 5.01. The molecule has 2 atom stereocenters. The Labute approximate surface area is 133 Å². The van der Waals surface area contributed by atoms with Gasteiger partial charge in [0, 0.05) is 4.47 Å². The highest BCUT2D eigenvalue weighted by atomic mass is 79.9. The standard InChI is InChI=1S/C14H13Br2NO3/c1-8(13(18)9-2-4-10(15)5-3-9)17-14(19)11-6-7-12(16)20-11/h2-8,13,18H,1H3,(H,17,19). The van der Waals surface area contributed by atoms with Crippen LogP contribution < -0.4 is 5.32 Å². The molecular formula is C14H13Br2NO3. The van der Waals surface area contributed by atoms with Crippen molar-refractivity contribution in [3.63, 3.8) is 0 Å². The van der Waals surface area contributed by atoms with E-state index < -0.39 is 12.1 Å². The Balaban J connectivity index is 2.02. The van der Waals surface area contributed by atoms with Gasteiger partial charge in [-0.2, -0.15) is 0 Å². The molecule has 0 aliphatic carbocycles. The van der Waals surface area contributed by atoms with E-state index in [1.165, 1.54) is 0 Å². The summed E-state index contributed by atoms with van der Waals surface area (Å²) in [5.41, 5.74) is 0.738. The zero-order chi connectivity index (χ0) is 14.7. The van der Waals surface area contributed by atoms with Crippen molar-refractivity contribution in [3.8, 4) is 0 Å². The first-order valence-corrected chi connectivity index (χ1v) is 7.55. The molecule has 106 valence electrons. The van der Waals surface area contributed by atoms with E-state index in [9.17, 15) is 9.90 Å². The van der Waals surface area contributed by atoms with E-state index >= 15 is 0 Å². The van der Waals surface area contributed by atoms with Crippen molar-refractivity contribution >= 4 is 37.8 Å². The smallest absolute Gasteiger partial charge is 0.287 e. The average Bonchev–Trinajstić information content (AvgIpc) is 2.85. The zero-order valence-electron chi connectivity index (χ0n) is 10.6. The number of halogens is 2. The molecule has 6 heteroatoms. The number of aliphatic hydroxyl groups is 1. The third-order valence-corrected chi connectivity index (χ3v) is 3.80. The lowest BCUT2D eigenvalue weighted by Crippen LogP contribution is -2.36. The quantitative estimate of drug-likeness (QED) is 0.820. The van der Waals surface area contributed by atoms with Gasteiger partial charge in [0.2, 0.25) is 0 Å². The van der Waals surface area contributed by atoms with Crippen LogP contribution in [0.2, 0.25) is 0 Å². The van der Waals surface area contributed by atoms with Crippen LogP contribution in [0.25, 0.3) is 0 Å². The summed E-state index contributed by atoms with van der Waals surface area (Å²) in [5.74, 6) is -0.161. The molecule has 1 aromatic carbocycles. The summed E-state index contributed by atoms with van der Waals surface area (Å²) in [4.78, 5) is 11.9. The summed E-state index contributed by atoms with van der Waals surface area (Å²) in [6.07, 6.45) is -0.787. The Hall–Kier alpha value is -1.11. The number of hydrogen-bond acceptors (Lipinski definition) is 3. The summed E-state index contributed by atoms with van der Waals surface area (Å²) >= 11 is 6.48. The van der Waals surface area contributed by atoms with Crippen molar-refractivity contribution in [2.24, 2.45) is 0 Å². The predicted molar refractivity (Wildman–Crippen MR) is 82.4 cm³/mol. The van der Waals surface area contributed by atoms with E-state index in [0.29, 0.717) is 4.67 Å². The molecule has 2 aromatic rings. The number of nitrogens with one attached hydrogen (secondary N) is 1. The lowest BCUT2D eigenvalue weighted by atomic mass is 10.0. The molecule has 0 spiro atoms. The SMILES string of the molecule is CC(NC(=O)c1ccc(Br)o1)C(O)c1ccc(Br)cc1. The predicted octanol–water partition coefficient (Wildman–Crippen LogP) is 3.66. The third kappa shape index (κ3) is 3.71. The maximum Gasteiger partial charge on any atom is 0.287 e. The average molecular weight is 403 g/mol. The summed E-state index contributed by atoms with van der Waals surface area (Å²) in [7, 11) is 0. The highest BCUT2D eigenvalue weighted by molar-refractivity contribution is 9.10.